The maximum absolute atomic E-state index is 12.6. The van der Waals surface area contributed by atoms with E-state index in [1.165, 1.54) is 25.3 Å². The van der Waals surface area contributed by atoms with E-state index in [-0.39, 0.29) is 11.3 Å². The third-order valence-electron chi connectivity index (χ3n) is 3.23. The molecule has 0 fully saturated rings. The topological polar surface area (TPSA) is 67.4 Å². The largest absolute Gasteiger partial charge is 0.496 e. The molecule has 2 rings (SSSR count). The Kier molecular flexibility index (Phi) is 5.63. The molecule has 0 aliphatic heterocycles. The first kappa shape index (κ1) is 18.3. The number of carbonyl (C=O) groups excluding carboxylic acids is 2. The molecule has 2 amide bonds. The van der Waals surface area contributed by atoms with Gasteiger partial charge in [-0.25, -0.2) is 0 Å². The molecule has 2 aromatic rings. The molecule has 0 unspecified atom stereocenters. The number of alkyl halides is 3. The van der Waals surface area contributed by atoms with Crippen LogP contribution in [0.3, 0.4) is 0 Å². The molecular formula is C17H15F3N2O3. The lowest BCUT2D eigenvalue weighted by atomic mass is 10.2. The van der Waals surface area contributed by atoms with Gasteiger partial charge in [-0.15, -0.1) is 0 Å². The van der Waals surface area contributed by atoms with Gasteiger partial charge in [0.15, 0.2) is 0 Å². The van der Waals surface area contributed by atoms with Crippen molar-refractivity contribution in [1.82, 2.24) is 5.32 Å². The van der Waals surface area contributed by atoms with Crippen molar-refractivity contribution in [1.29, 1.82) is 0 Å². The smallest absolute Gasteiger partial charge is 0.416 e. The number of methoxy groups -OCH3 is 1. The molecule has 0 saturated heterocycles. The van der Waals surface area contributed by atoms with Crippen LogP contribution in [0, 0.1) is 0 Å². The van der Waals surface area contributed by atoms with E-state index in [1.807, 2.05) is 0 Å². The summed E-state index contributed by atoms with van der Waals surface area (Å²) in [7, 11) is 1.41. The van der Waals surface area contributed by atoms with Gasteiger partial charge in [-0.2, -0.15) is 13.2 Å². The van der Waals surface area contributed by atoms with Crippen LogP contribution in [-0.2, 0) is 11.0 Å². The summed E-state index contributed by atoms with van der Waals surface area (Å²) >= 11 is 0. The van der Waals surface area contributed by atoms with Gasteiger partial charge in [0.1, 0.15) is 5.75 Å². The number of rotatable bonds is 5. The van der Waals surface area contributed by atoms with Crippen LogP contribution in [0.2, 0.25) is 0 Å². The standard InChI is InChI=1S/C17H15F3N2O3/c1-25-14-8-3-2-7-13(14)16(24)21-10-15(23)22-12-6-4-5-11(9-12)17(18,19)20/h2-9H,10H2,1H3,(H,21,24)(H,22,23). The molecule has 8 heteroatoms. The predicted molar refractivity (Wildman–Crippen MR) is 85.4 cm³/mol. The molecule has 25 heavy (non-hydrogen) atoms. The minimum Gasteiger partial charge on any atom is -0.496 e. The van der Waals surface area contributed by atoms with Crippen molar-refractivity contribution in [2.24, 2.45) is 0 Å². The zero-order valence-electron chi connectivity index (χ0n) is 13.2. The number of halogens is 3. The predicted octanol–water partition coefficient (Wildman–Crippen LogP) is 3.08. The van der Waals surface area contributed by atoms with E-state index in [0.717, 1.165) is 12.1 Å². The summed E-state index contributed by atoms with van der Waals surface area (Å²) in [5.74, 6) is -0.836. The van der Waals surface area contributed by atoms with Crippen molar-refractivity contribution in [3.63, 3.8) is 0 Å². The fraction of sp³-hybridized carbons (Fsp3) is 0.176. The molecular weight excluding hydrogens is 337 g/mol. The number of ether oxygens (including phenoxy) is 1. The Morgan fingerprint density at radius 3 is 2.48 bits per heavy atom. The Bertz CT molecular complexity index is 776. The van der Waals surface area contributed by atoms with Crippen molar-refractivity contribution in [3.8, 4) is 5.75 Å². The minimum atomic E-state index is -4.50. The van der Waals surface area contributed by atoms with E-state index in [0.29, 0.717) is 5.75 Å². The quantitative estimate of drug-likeness (QED) is 0.869. The van der Waals surface area contributed by atoms with Gasteiger partial charge in [0.25, 0.3) is 5.91 Å². The minimum absolute atomic E-state index is 0.00799. The molecule has 5 nitrogen and oxygen atoms in total. The monoisotopic (exact) mass is 352 g/mol. The van der Waals surface area contributed by atoms with Crippen LogP contribution in [-0.4, -0.2) is 25.5 Å². The maximum Gasteiger partial charge on any atom is 0.416 e. The summed E-state index contributed by atoms with van der Waals surface area (Å²) in [6.07, 6.45) is -4.50. The number of amides is 2. The van der Waals surface area contributed by atoms with E-state index < -0.39 is 30.1 Å². The fourth-order valence-electron chi connectivity index (χ4n) is 2.07. The van der Waals surface area contributed by atoms with Crippen molar-refractivity contribution < 1.29 is 27.5 Å². The molecule has 0 atom stereocenters. The van der Waals surface area contributed by atoms with Crippen LogP contribution in [0.25, 0.3) is 0 Å². The normalized spacial score (nSPS) is 10.9. The van der Waals surface area contributed by atoms with Crippen molar-refractivity contribution in [3.05, 3.63) is 59.7 Å². The van der Waals surface area contributed by atoms with Crippen molar-refractivity contribution in [2.75, 3.05) is 19.0 Å². The number of hydrogen-bond acceptors (Lipinski definition) is 3. The maximum atomic E-state index is 12.6. The van der Waals surface area contributed by atoms with Crippen molar-refractivity contribution >= 4 is 17.5 Å². The third kappa shape index (κ3) is 4.97. The van der Waals surface area contributed by atoms with Crippen LogP contribution >= 0.6 is 0 Å². The van der Waals surface area contributed by atoms with Gasteiger partial charge in [0, 0.05) is 5.69 Å². The SMILES string of the molecule is COc1ccccc1C(=O)NCC(=O)Nc1cccc(C(F)(F)F)c1. The van der Waals surface area contributed by atoms with E-state index in [9.17, 15) is 22.8 Å². The first-order chi connectivity index (χ1) is 11.8. The molecule has 0 radical (unpaired) electrons. The molecule has 2 N–H and O–H groups in total. The van der Waals surface area contributed by atoms with Crippen LogP contribution in [0.1, 0.15) is 15.9 Å². The van der Waals surface area contributed by atoms with Gasteiger partial charge >= 0.3 is 6.18 Å². The first-order valence-electron chi connectivity index (χ1n) is 7.19. The number of hydrogen-bond donors (Lipinski definition) is 2. The van der Waals surface area contributed by atoms with E-state index in [2.05, 4.69) is 10.6 Å². The summed E-state index contributed by atoms with van der Waals surface area (Å²) in [6, 6.07) is 10.7. The molecule has 132 valence electrons. The second-order valence-corrected chi connectivity index (χ2v) is 5.01. The molecule has 0 aromatic heterocycles. The summed E-state index contributed by atoms with van der Waals surface area (Å²) in [5.41, 5.74) is -0.633. The Morgan fingerprint density at radius 2 is 1.80 bits per heavy atom. The average Bonchev–Trinajstić information content (AvgIpc) is 2.59. The van der Waals surface area contributed by atoms with Gasteiger partial charge < -0.3 is 15.4 Å². The molecule has 0 saturated carbocycles. The molecule has 0 heterocycles. The highest BCUT2D eigenvalue weighted by molar-refractivity contribution is 6.00. The van der Waals surface area contributed by atoms with Gasteiger partial charge in [-0.3, -0.25) is 9.59 Å². The number of anilines is 1. The summed E-state index contributed by atoms with van der Waals surface area (Å²) in [5, 5.41) is 4.69. The van der Waals surface area contributed by atoms with E-state index in [4.69, 9.17) is 4.74 Å². The second kappa shape index (κ2) is 7.69. The lowest BCUT2D eigenvalue weighted by molar-refractivity contribution is -0.137. The van der Waals surface area contributed by atoms with Crippen LogP contribution in [0.4, 0.5) is 18.9 Å². The molecule has 0 bridgehead atoms. The average molecular weight is 352 g/mol. The van der Waals surface area contributed by atoms with Gasteiger partial charge in [-0.1, -0.05) is 18.2 Å². The van der Waals surface area contributed by atoms with Crippen LogP contribution in [0.5, 0.6) is 5.75 Å². The zero-order valence-corrected chi connectivity index (χ0v) is 13.2. The molecule has 2 aromatic carbocycles. The molecule has 0 spiro atoms. The Balaban J connectivity index is 1.96. The Labute approximate surface area is 141 Å². The van der Waals surface area contributed by atoms with Gasteiger partial charge in [0.05, 0.1) is 24.8 Å². The zero-order chi connectivity index (χ0) is 18.4. The third-order valence-corrected chi connectivity index (χ3v) is 3.23. The lowest BCUT2D eigenvalue weighted by Crippen LogP contribution is -2.33. The van der Waals surface area contributed by atoms with Crippen LogP contribution < -0.4 is 15.4 Å². The number of benzene rings is 2. The van der Waals surface area contributed by atoms with E-state index >= 15 is 0 Å². The number of para-hydroxylation sites is 1. The van der Waals surface area contributed by atoms with Crippen LogP contribution in [0.15, 0.2) is 48.5 Å². The molecule has 0 aliphatic rings. The second-order valence-electron chi connectivity index (χ2n) is 5.01. The molecule has 0 aliphatic carbocycles. The summed E-state index contributed by atoms with van der Waals surface area (Å²) in [6.45, 7) is -0.396. The highest BCUT2D eigenvalue weighted by Gasteiger charge is 2.30. The van der Waals surface area contributed by atoms with E-state index in [1.54, 1.807) is 18.2 Å². The highest BCUT2D eigenvalue weighted by Crippen LogP contribution is 2.30. The fourth-order valence-corrected chi connectivity index (χ4v) is 2.07. The lowest BCUT2D eigenvalue weighted by Gasteiger charge is -2.11. The van der Waals surface area contributed by atoms with Gasteiger partial charge in [-0.05, 0) is 30.3 Å². The number of nitrogens with one attached hydrogen (secondary N) is 2. The Morgan fingerprint density at radius 1 is 1.08 bits per heavy atom. The Hall–Kier alpha value is -3.03. The van der Waals surface area contributed by atoms with Crippen molar-refractivity contribution in [2.45, 2.75) is 6.18 Å². The summed E-state index contributed by atoms with van der Waals surface area (Å²) in [4.78, 5) is 23.9. The highest BCUT2D eigenvalue weighted by atomic mass is 19.4. The first-order valence-corrected chi connectivity index (χ1v) is 7.19. The summed E-state index contributed by atoms with van der Waals surface area (Å²) < 4.78 is 43.0. The number of carbonyl (C=O) groups is 2. The van der Waals surface area contributed by atoms with Gasteiger partial charge in [0.2, 0.25) is 5.91 Å².